The molecule has 22 heavy (non-hydrogen) atoms. The Balaban J connectivity index is 2.36. The topological polar surface area (TPSA) is 93.0 Å². The average Bonchev–Trinajstić information content (AvgIpc) is 2.54. The number of hydroxylamine groups is 1. The van der Waals surface area contributed by atoms with Crippen LogP contribution in [0.25, 0.3) is 0 Å². The molecule has 1 aromatic rings. The van der Waals surface area contributed by atoms with Gasteiger partial charge in [-0.1, -0.05) is 18.6 Å². The molecule has 0 radical (unpaired) electrons. The zero-order chi connectivity index (χ0) is 16.2. The van der Waals surface area contributed by atoms with E-state index < -0.39 is 0 Å². The van der Waals surface area contributed by atoms with Crippen LogP contribution in [0.4, 0.5) is 5.69 Å². The van der Waals surface area contributed by atoms with E-state index in [-0.39, 0.29) is 19.1 Å². The Hall–Kier alpha value is -1.63. The van der Waals surface area contributed by atoms with E-state index in [2.05, 4.69) is 12.1 Å². The summed E-state index contributed by atoms with van der Waals surface area (Å²) in [5, 5.41) is 26.5. The molecule has 1 aromatic carbocycles. The summed E-state index contributed by atoms with van der Waals surface area (Å²) >= 11 is 0. The molecule has 1 amide bonds. The molecular formula is C16H26N2O4. The van der Waals surface area contributed by atoms with Crippen LogP contribution in [-0.2, 0) is 11.2 Å². The number of hydrogen-bond acceptors (Lipinski definition) is 5. The molecule has 1 rings (SSSR count). The van der Waals surface area contributed by atoms with Crippen molar-refractivity contribution in [1.82, 2.24) is 5.48 Å². The van der Waals surface area contributed by atoms with Gasteiger partial charge < -0.3 is 15.1 Å². The number of carbonyl (C=O) groups is 1. The molecule has 6 nitrogen and oxygen atoms in total. The van der Waals surface area contributed by atoms with E-state index in [0.29, 0.717) is 19.5 Å². The van der Waals surface area contributed by atoms with Crippen molar-refractivity contribution in [3.8, 4) is 0 Å². The summed E-state index contributed by atoms with van der Waals surface area (Å²) in [4.78, 5) is 12.8. The second-order valence-corrected chi connectivity index (χ2v) is 5.20. The molecule has 0 aliphatic rings. The first kappa shape index (κ1) is 18.4. The standard InChI is InChI=1S/C16H26N2O4/c19-12-10-18(11-13-20)15-8-6-14(7-9-15)4-2-1-3-5-16(21)17-22/h6-9,19-20,22H,1-5,10-13H2,(H,17,21). The number of nitrogens with zero attached hydrogens (tertiary/aromatic N) is 1. The van der Waals surface area contributed by atoms with Gasteiger partial charge in [0, 0.05) is 25.2 Å². The fraction of sp³-hybridized carbons (Fsp3) is 0.562. The second kappa shape index (κ2) is 11.0. The molecule has 0 atom stereocenters. The molecule has 0 unspecified atom stereocenters. The third-order valence-corrected chi connectivity index (χ3v) is 3.54. The summed E-state index contributed by atoms with van der Waals surface area (Å²) in [6.45, 7) is 1.13. The van der Waals surface area contributed by atoms with Crippen molar-refractivity contribution in [3.05, 3.63) is 29.8 Å². The van der Waals surface area contributed by atoms with E-state index in [4.69, 9.17) is 15.4 Å². The second-order valence-electron chi connectivity index (χ2n) is 5.20. The summed E-state index contributed by atoms with van der Waals surface area (Å²) in [5.41, 5.74) is 3.85. The van der Waals surface area contributed by atoms with Crippen molar-refractivity contribution in [2.24, 2.45) is 0 Å². The lowest BCUT2D eigenvalue weighted by Gasteiger charge is -2.23. The lowest BCUT2D eigenvalue weighted by atomic mass is 10.1. The Kier molecular flexibility index (Phi) is 9.21. The molecule has 0 aliphatic carbocycles. The number of hydrogen-bond donors (Lipinski definition) is 4. The molecule has 0 heterocycles. The van der Waals surface area contributed by atoms with E-state index in [1.54, 1.807) is 5.48 Å². The Labute approximate surface area is 131 Å². The predicted octanol–water partition coefficient (Wildman–Crippen LogP) is 1.09. The Morgan fingerprint density at radius 2 is 1.64 bits per heavy atom. The molecule has 0 bridgehead atoms. The van der Waals surface area contributed by atoms with Gasteiger partial charge in [-0.25, -0.2) is 5.48 Å². The summed E-state index contributed by atoms with van der Waals surface area (Å²) < 4.78 is 0. The van der Waals surface area contributed by atoms with Crippen molar-refractivity contribution >= 4 is 11.6 Å². The first-order chi connectivity index (χ1) is 10.7. The number of aliphatic hydroxyl groups is 2. The lowest BCUT2D eigenvalue weighted by molar-refractivity contribution is -0.129. The highest BCUT2D eigenvalue weighted by atomic mass is 16.5. The molecule has 0 fully saturated rings. The van der Waals surface area contributed by atoms with Gasteiger partial charge >= 0.3 is 0 Å². The van der Waals surface area contributed by atoms with Gasteiger partial charge in [0.15, 0.2) is 0 Å². The quantitative estimate of drug-likeness (QED) is 0.279. The number of carbonyl (C=O) groups excluding carboxylic acids is 1. The molecule has 0 saturated heterocycles. The minimum Gasteiger partial charge on any atom is -0.395 e. The van der Waals surface area contributed by atoms with Crippen LogP contribution in [0.3, 0.4) is 0 Å². The Bertz CT molecular complexity index is 417. The van der Waals surface area contributed by atoms with E-state index in [0.717, 1.165) is 31.4 Å². The first-order valence-electron chi connectivity index (χ1n) is 7.69. The minimum absolute atomic E-state index is 0.0587. The van der Waals surface area contributed by atoms with Gasteiger partial charge in [-0.3, -0.25) is 10.0 Å². The number of unbranched alkanes of at least 4 members (excludes halogenated alkanes) is 2. The van der Waals surface area contributed by atoms with Crippen LogP contribution in [0.1, 0.15) is 31.2 Å². The van der Waals surface area contributed by atoms with Crippen LogP contribution in [0.2, 0.25) is 0 Å². The zero-order valence-corrected chi connectivity index (χ0v) is 12.9. The molecular weight excluding hydrogens is 284 g/mol. The van der Waals surface area contributed by atoms with Crippen molar-refractivity contribution in [1.29, 1.82) is 0 Å². The number of aliphatic hydroxyl groups excluding tert-OH is 2. The largest absolute Gasteiger partial charge is 0.395 e. The highest BCUT2D eigenvalue weighted by molar-refractivity contribution is 5.74. The number of anilines is 1. The number of rotatable bonds is 11. The van der Waals surface area contributed by atoms with E-state index in [1.165, 1.54) is 5.56 Å². The van der Waals surface area contributed by atoms with Gasteiger partial charge in [0.1, 0.15) is 0 Å². The molecule has 124 valence electrons. The molecule has 0 spiro atoms. The number of amides is 1. The van der Waals surface area contributed by atoms with Gasteiger partial charge in [0.2, 0.25) is 5.91 Å². The molecule has 6 heteroatoms. The van der Waals surface area contributed by atoms with Crippen LogP contribution in [0.5, 0.6) is 0 Å². The van der Waals surface area contributed by atoms with Crippen LogP contribution in [0, 0.1) is 0 Å². The maximum absolute atomic E-state index is 10.9. The third-order valence-electron chi connectivity index (χ3n) is 3.54. The van der Waals surface area contributed by atoms with Crippen molar-refractivity contribution in [3.63, 3.8) is 0 Å². The maximum Gasteiger partial charge on any atom is 0.243 e. The minimum atomic E-state index is -0.336. The number of aryl methyl sites for hydroxylation is 1. The molecule has 0 aliphatic heterocycles. The number of nitrogens with one attached hydrogen (secondary N) is 1. The fourth-order valence-electron chi connectivity index (χ4n) is 2.33. The SMILES string of the molecule is O=C(CCCCCc1ccc(N(CCO)CCO)cc1)NO. The maximum atomic E-state index is 10.9. The summed E-state index contributed by atoms with van der Waals surface area (Å²) in [7, 11) is 0. The normalized spacial score (nSPS) is 10.5. The summed E-state index contributed by atoms with van der Waals surface area (Å²) in [6, 6.07) is 8.11. The van der Waals surface area contributed by atoms with Crippen molar-refractivity contribution < 1.29 is 20.2 Å². The predicted molar refractivity (Wildman–Crippen MR) is 84.9 cm³/mol. The summed E-state index contributed by atoms with van der Waals surface area (Å²) in [6.07, 6.45) is 4.00. The summed E-state index contributed by atoms with van der Waals surface area (Å²) in [5.74, 6) is -0.336. The Morgan fingerprint density at radius 1 is 1.00 bits per heavy atom. The van der Waals surface area contributed by atoms with Gasteiger partial charge in [-0.2, -0.15) is 0 Å². The van der Waals surface area contributed by atoms with Crippen molar-refractivity contribution in [2.75, 3.05) is 31.2 Å². The van der Waals surface area contributed by atoms with Gasteiger partial charge in [0.25, 0.3) is 0 Å². The molecule has 0 aromatic heterocycles. The van der Waals surface area contributed by atoms with Crippen LogP contribution < -0.4 is 10.4 Å². The highest BCUT2D eigenvalue weighted by Gasteiger charge is 2.05. The van der Waals surface area contributed by atoms with E-state index in [9.17, 15) is 4.79 Å². The van der Waals surface area contributed by atoms with Gasteiger partial charge in [0.05, 0.1) is 13.2 Å². The van der Waals surface area contributed by atoms with E-state index >= 15 is 0 Å². The van der Waals surface area contributed by atoms with Gasteiger partial charge in [-0.05, 0) is 37.0 Å². The highest BCUT2D eigenvalue weighted by Crippen LogP contribution is 2.16. The molecule has 4 N–H and O–H groups in total. The first-order valence-corrected chi connectivity index (χ1v) is 7.69. The average molecular weight is 310 g/mol. The van der Waals surface area contributed by atoms with Crippen LogP contribution >= 0.6 is 0 Å². The molecule has 0 saturated carbocycles. The van der Waals surface area contributed by atoms with Crippen LogP contribution in [0.15, 0.2) is 24.3 Å². The third kappa shape index (κ3) is 6.89. The number of benzene rings is 1. The monoisotopic (exact) mass is 310 g/mol. The Morgan fingerprint density at radius 3 is 2.18 bits per heavy atom. The van der Waals surface area contributed by atoms with Crippen molar-refractivity contribution in [2.45, 2.75) is 32.1 Å². The van der Waals surface area contributed by atoms with E-state index in [1.807, 2.05) is 17.0 Å². The smallest absolute Gasteiger partial charge is 0.243 e. The zero-order valence-electron chi connectivity index (χ0n) is 12.9. The van der Waals surface area contributed by atoms with Crippen LogP contribution in [-0.4, -0.2) is 47.6 Å². The van der Waals surface area contributed by atoms with Gasteiger partial charge in [-0.15, -0.1) is 0 Å². The lowest BCUT2D eigenvalue weighted by Crippen LogP contribution is -2.29. The fourth-order valence-corrected chi connectivity index (χ4v) is 2.33.